The van der Waals surface area contributed by atoms with Crippen LogP contribution < -0.4 is 0 Å². The van der Waals surface area contributed by atoms with Gasteiger partial charge < -0.3 is 4.74 Å². The molecule has 0 bridgehead atoms. The second-order valence-corrected chi connectivity index (χ2v) is 5.12. The number of non-ortho nitro benzene ring substituents is 1. The zero-order valence-electron chi connectivity index (χ0n) is 12.2. The predicted molar refractivity (Wildman–Crippen MR) is 77.9 cm³/mol. The van der Waals surface area contributed by atoms with Crippen molar-refractivity contribution in [1.29, 1.82) is 0 Å². The van der Waals surface area contributed by atoms with E-state index in [1.807, 2.05) is 6.07 Å². The fraction of sp³-hybridized carbons (Fsp3) is 0.533. The van der Waals surface area contributed by atoms with Crippen LogP contribution in [-0.2, 0) is 9.53 Å². The lowest BCUT2D eigenvalue weighted by Crippen LogP contribution is -2.28. The molecule has 6 nitrogen and oxygen atoms in total. The summed E-state index contributed by atoms with van der Waals surface area (Å²) in [5.41, 5.74) is 0.861. The number of nitrogens with zero attached hydrogens (tertiary/aromatic N) is 2. The highest BCUT2D eigenvalue weighted by Gasteiger charge is 2.27. The Labute approximate surface area is 123 Å². The van der Waals surface area contributed by atoms with Gasteiger partial charge in [0.25, 0.3) is 5.69 Å². The number of benzene rings is 1. The molecule has 1 heterocycles. The van der Waals surface area contributed by atoms with Crippen LogP contribution in [0.15, 0.2) is 24.3 Å². The summed E-state index contributed by atoms with van der Waals surface area (Å²) in [4.78, 5) is 24.5. The molecule has 1 aromatic carbocycles. The topological polar surface area (TPSA) is 72.7 Å². The number of hydrogen-bond acceptors (Lipinski definition) is 5. The first kappa shape index (κ1) is 15.4. The molecule has 6 heteroatoms. The average molecular weight is 292 g/mol. The van der Waals surface area contributed by atoms with Gasteiger partial charge in [0.2, 0.25) is 0 Å². The monoisotopic (exact) mass is 292 g/mol. The maximum absolute atomic E-state index is 11.8. The number of nitro groups is 1. The van der Waals surface area contributed by atoms with E-state index in [-0.39, 0.29) is 24.1 Å². The molecule has 1 aliphatic rings. The minimum absolute atomic E-state index is 0.0561. The third-order valence-corrected chi connectivity index (χ3v) is 3.71. The number of carbonyl (C=O) groups excluding carboxylic acids is 1. The van der Waals surface area contributed by atoms with Crippen molar-refractivity contribution in [2.24, 2.45) is 0 Å². The van der Waals surface area contributed by atoms with Crippen molar-refractivity contribution in [3.05, 3.63) is 39.9 Å². The molecule has 0 aromatic heterocycles. The summed E-state index contributed by atoms with van der Waals surface area (Å²) in [5.74, 6) is -0.263. The van der Waals surface area contributed by atoms with Gasteiger partial charge in [-0.05, 0) is 38.4 Å². The molecule has 0 saturated carbocycles. The Hall–Kier alpha value is -1.95. The molecule has 1 aliphatic heterocycles. The minimum atomic E-state index is -0.408. The second-order valence-electron chi connectivity index (χ2n) is 5.12. The van der Waals surface area contributed by atoms with Gasteiger partial charge >= 0.3 is 5.97 Å². The van der Waals surface area contributed by atoms with Gasteiger partial charge in [0.05, 0.1) is 18.0 Å². The van der Waals surface area contributed by atoms with Crippen molar-refractivity contribution in [2.75, 3.05) is 19.7 Å². The molecule has 0 radical (unpaired) electrons. The first-order valence-electron chi connectivity index (χ1n) is 7.26. The number of esters is 1. The molecule has 2 rings (SSSR count). The van der Waals surface area contributed by atoms with E-state index in [1.165, 1.54) is 6.07 Å². The molecular formula is C15H20N2O4. The Kier molecular flexibility index (Phi) is 5.27. The highest BCUT2D eigenvalue weighted by Crippen LogP contribution is 2.30. The summed E-state index contributed by atoms with van der Waals surface area (Å²) in [6, 6.07) is 6.39. The van der Waals surface area contributed by atoms with E-state index in [0.717, 1.165) is 31.5 Å². The summed E-state index contributed by atoms with van der Waals surface area (Å²) in [6.45, 7) is 3.94. The van der Waals surface area contributed by atoms with E-state index in [9.17, 15) is 14.9 Å². The predicted octanol–water partition coefficient (Wildman–Crippen LogP) is 2.68. The van der Waals surface area contributed by atoms with Gasteiger partial charge in [-0.1, -0.05) is 12.1 Å². The lowest BCUT2D eigenvalue weighted by Gasteiger charge is -2.27. The number of carbonyl (C=O) groups is 1. The maximum atomic E-state index is 11.8. The van der Waals surface area contributed by atoms with Gasteiger partial charge in [-0.3, -0.25) is 19.8 Å². The fourth-order valence-electron chi connectivity index (χ4n) is 2.73. The zero-order chi connectivity index (χ0) is 15.2. The molecule has 0 spiro atoms. The highest BCUT2D eigenvalue weighted by atomic mass is 16.6. The van der Waals surface area contributed by atoms with Crippen LogP contribution in [0.3, 0.4) is 0 Å². The Morgan fingerprint density at radius 2 is 2.14 bits per heavy atom. The summed E-state index contributed by atoms with van der Waals surface area (Å²) in [5, 5.41) is 10.9. The number of rotatable bonds is 6. The molecule has 0 amide bonds. The van der Waals surface area contributed by atoms with Crippen LogP contribution in [0.25, 0.3) is 0 Å². The first-order valence-corrected chi connectivity index (χ1v) is 7.26. The van der Waals surface area contributed by atoms with Crippen LogP contribution in [0.4, 0.5) is 5.69 Å². The van der Waals surface area contributed by atoms with Gasteiger partial charge in [0.15, 0.2) is 0 Å². The lowest BCUT2D eigenvalue weighted by atomic mass is 10.0. The van der Waals surface area contributed by atoms with Gasteiger partial charge in [0.1, 0.15) is 0 Å². The highest BCUT2D eigenvalue weighted by molar-refractivity contribution is 5.70. The van der Waals surface area contributed by atoms with Crippen LogP contribution >= 0.6 is 0 Å². The largest absolute Gasteiger partial charge is 0.466 e. The van der Waals surface area contributed by atoms with Crippen molar-refractivity contribution in [1.82, 2.24) is 4.90 Å². The quantitative estimate of drug-likeness (QED) is 0.458. The molecule has 0 aliphatic carbocycles. The van der Waals surface area contributed by atoms with Gasteiger partial charge in [0, 0.05) is 18.2 Å². The molecule has 21 heavy (non-hydrogen) atoms. The average Bonchev–Trinajstić information content (AvgIpc) is 2.99. The van der Waals surface area contributed by atoms with Crippen molar-refractivity contribution in [3.8, 4) is 0 Å². The smallest absolute Gasteiger partial charge is 0.307 e. The zero-order valence-corrected chi connectivity index (χ0v) is 12.2. The third kappa shape index (κ3) is 4.01. The van der Waals surface area contributed by atoms with Crippen LogP contribution in [0.2, 0.25) is 0 Å². The van der Waals surface area contributed by atoms with E-state index in [1.54, 1.807) is 19.1 Å². The van der Waals surface area contributed by atoms with Crippen molar-refractivity contribution in [2.45, 2.75) is 32.2 Å². The molecule has 1 unspecified atom stereocenters. The Morgan fingerprint density at radius 1 is 1.43 bits per heavy atom. The van der Waals surface area contributed by atoms with Gasteiger partial charge in [-0.2, -0.15) is 0 Å². The normalized spacial score (nSPS) is 16.6. The van der Waals surface area contributed by atoms with Gasteiger partial charge in [-0.25, -0.2) is 0 Å². The van der Waals surface area contributed by atoms with E-state index in [2.05, 4.69) is 4.90 Å². The molecular weight excluding hydrogens is 272 g/mol. The molecule has 1 aromatic rings. The van der Waals surface area contributed by atoms with Crippen molar-refractivity contribution >= 4 is 11.7 Å². The molecule has 1 atom stereocenters. The summed E-state index contributed by atoms with van der Waals surface area (Å²) < 4.78 is 5.03. The summed E-state index contributed by atoms with van der Waals surface area (Å²) in [7, 11) is 0. The number of hydrogen-bond donors (Lipinski definition) is 0. The van der Waals surface area contributed by atoms with E-state index < -0.39 is 4.92 Å². The summed E-state index contributed by atoms with van der Waals surface area (Å²) >= 11 is 0. The SMILES string of the molecule is CCOC(=O)CC(c1cccc([N+](=O)[O-])c1)N1CCCC1. The summed E-state index contributed by atoms with van der Waals surface area (Å²) in [6.07, 6.45) is 2.41. The molecule has 114 valence electrons. The van der Waals surface area contributed by atoms with Crippen molar-refractivity contribution in [3.63, 3.8) is 0 Å². The van der Waals surface area contributed by atoms with Crippen molar-refractivity contribution < 1.29 is 14.5 Å². The van der Waals surface area contributed by atoms with E-state index in [4.69, 9.17) is 4.74 Å². The van der Waals surface area contributed by atoms with Crippen LogP contribution in [0, 0.1) is 10.1 Å². The number of likely N-dealkylation sites (tertiary alicyclic amines) is 1. The molecule has 0 N–H and O–H groups in total. The lowest BCUT2D eigenvalue weighted by molar-refractivity contribution is -0.385. The van der Waals surface area contributed by atoms with E-state index in [0.29, 0.717) is 6.61 Å². The van der Waals surface area contributed by atoms with Crippen LogP contribution in [-0.4, -0.2) is 35.5 Å². The number of ether oxygens (including phenoxy) is 1. The minimum Gasteiger partial charge on any atom is -0.466 e. The Balaban J connectivity index is 2.23. The standard InChI is InChI=1S/C15H20N2O4/c1-2-21-15(18)11-14(16-8-3-4-9-16)12-6-5-7-13(10-12)17(19)20/h5-7,10,14H,2-4,8-9,11H2,1H3. The second kappa shape index (κ2) is 7.17. The maximum Gasteiger partial charge on any atom is 0.307 e. The third-order valence-electron chi connectivity index (χ3n) is 3.71. The van der Waals surface area contributed by atoms with Gasteiger partial charge in [-0.15, -0.1) is 0 Å². The van der Waals surface area contributed by atoms with Crippen LogP contribution in [0.1, 0.15) is 37.8 Å². The Morgan fingerprint density at radius 3 is 2.76 bits per heavy atom. The number of nitro benzene ring substituents is 1. The Bertz CT molecular complexity index is 512. The van der Waals surface area contributed by atoms with E-state index >= 15 is 0 Å². The van der Waals surface area contributed by atoms with Crippen LogP contribution in [0.5, 0.6) is 0 Å². The fourth-order valence-corrected chi connectivity index (χ4v) is 2.73. The molecule has 1 fully saturated rings. The first-order chi connectivity index (χ1) is 10.1. The molecule has 1 saturated heterocycles.